The van der Waals surface area contributed by atoms with E-state index in [2.05, 4.69) is 15.0 Å². The highest BCUT2D eigenvalue weighted by Gasteiger charge is 2.04. The lowest BCUT2D eigenvalue weighted by Crippen LogP contribution is -1.81. The molecule has 3 rings (SSSR count). The number of rotatable bonds is 1. The first kappa shape index (κ1) is 7.64. The summed E-state index contributed by atoms with van der Waals surface area (Å²) >= 11 is 1.57. The van der Waals surface area contributed by atoms with Crippen LogP contribution < -0.4 is 0 Å². The third-order valence-electron chi connectivity index (χ3n) is 1.96. The van der Waals surface area contributed by atoms with Gasteiger partial charge in [-0.25, -0.2) is 9.97 Å². The maximum absolute atomic E-state index is 4.40. The van der Waals surface area contributed by atoms with Crippen molar-refractivity contribution in [2.75, 3.05) is 0 Å². The van der Waals surface area contributed by atoms with E-state index in [9.17, 15) is 0 Å². The summed E-state index contributed by atoms with van der Waals surface area (Å²) in [5.74, 6) is 0. The topological polar surface area (TPSA) is 43.1 Å². The molecule has 3 aromatic heterocycles. The van der Waals surface area contributed by atoms with Crippen molar-refractivity contribution < 1.29 is 0 Å². The Kier molecular flexibility index (Phi) is 1.57. The first-order valence-electron chi connectivity index (χ1n) is 4.11. The zero-order valence-electron chi connectivity index (χ0n) is 7.16. The Bertz CT molecular complexity index is 522. The smallest absolute Gasteiger partial charge is 0.156 e. The molecule has 0 unspecified atom stereocenters. The zero-order valence-corrected chi connectivity index (χ0v) is 7.98. The molecule has 0 amide bonds. The van der Waals surface area contributed by atoms with E-state index in [1.807, 2.05) is 22.2 Å². The summed E-state index contributed by atoms with van der Waals surface area (Å²) in [6.07, 6.45) is 7.29. The number of aromatic nitrogens is 4. The van der Waals surface area contributed by atoms with Gasteiger partial charge in [-0.15, -0.1) is 11.3 Å². The molecule has 0 bridgehead atoms. The highest BCUT2D eigenvalue weighted by Crippen LogP contribution is 2.17. The number of hydrogen-bond acceptors (Lipinski definition) is 4. The van der Waals surface area contributed by atoms with E-state index in [1.165, 1.54) is 0 Å². The minimum absolute atomic E-state index is 0.843. The van der Waals surface area contributed by atoms with Gasteiger partial charge in [0, 0.05) is 24.0 Å². The van der Waals surface area contributed by atoms with Crippen molar-refractivity contribution in [2.24, 2.45) is 0 Å². The normalized spacial score (nSPS) is 10.9. The van der Waals surface area contributed by atoms with Gasteiger partial charge in [-0.05, 0) is 0 Å². The largest absolute Gasteiger partial charge is 0.304 e. The second-order valence-electron chi connectivity index (χ2n) is 2.84. The number of hydrogen-bond donors (Lipinski definition) is 0. The van der Waals surface area contributed by atoms with Crippen molar-refractivity contribution in [1.82, 2.24) is 19.4 Å². The molecule has 0 atom stereocenters. The standard InChI is InChI=1S/C9H6N4S/c1-2-13-4-7(8-5-14-6-11-8)12-9(13)3-10-1/h1-6H. The minimum atomic E-state index is 0.843. The van der Waals surface area contributed by atoms with Crippen LogP contribution in [0.4, 0.5) is 0 Å². The van der Waals surface area contributed by atoms with Gasteiger partial charge in [-0.3, -0.25) is 4.98 Å². The Morgan fingerprint density at radius 2 is 2.29 bits per heavy atom. The van der Waals surface area contributed by atoms with E-state index in [-0.39, 0.29) is 0 Å². The fraction of sp³-hybridized carbons (Fsp3) is 0. The molecule has 3 aromatic rings. The van der Waals surface area contributed by atoms with Crippen LogP contribution in [0.25, 0.3) is 17.0 Å². The Morgan fingerprint density at radius 3 is 3.07 bits per heavy atom. The average Bonchev–Trinajstić information content (AvgIpc) is 2.86. The lowest BCUT2D eigenvalue weighted by Gasteiger charge is -1.86. The van der Waals surface area contributed by atoms with Crippen LogP contribution in [0.15, 0.2) is 35.7 Å². The van der Waals surface area contributed by atoms with Gasteiger partial charge in [-0.2, -0.15) is 0 Å². The maximum atomic E-state index is 4.40. The molecule has 0 saturated heterocycles. The maximum Gasteiger partial charge on any atom is 0.156 e. The monoisotopic (exact) mass is 202 g/mol. The van der Waals surface area contributed by atoms with E-state index in [4.69, 9.17) is 0 Å². The fourth-order valence-electron chi connectivity index (χ4n) is 1.31. The van der Waals surface area contributed by atoms with E-state index < -0.39 is 0 Å². The summed E-state index contributed by atoms with van der Waals surface area (Å²) in [6, 6.07) is 0. The summed E-state index contributed by atoms with van der Waals surface area (Å²) in [6.45, 7) is 0. The van der Waals surface area contributed by atoms with Crippen molar-refractivity contribution >= 4 is 17.0 Å². The van der Waals surface area contributed by atoms with E-state index in [1.54, 1.807) is 29.2 Å². The van der Waals surface area contributed by atoms with E-state index in [0.717, 1.165) is 17.0 Å². The van der Waals surface area contributed by atoms with Crippen LogP contribution in [-0.4, -0.2) is 19.4 Å². The molecule has 14 heavy (non-hydrogen) atoms. The molecule has 0 radical (unpaired) electrons. The highest BCUT2D eigenvalue weighted by atomic mass is 32.1. The highest BCUT2D eigenvalue weighted by molar-refractivity contribution is 7.07. The Hall–Kier alpha value is -1.75. The SMILES string of the molecule is c1cn2cc(-c3cscn3)nc2cn1. The molecular weight excluding hydrogens is 196 g/mol. The van der Waals surface area contributed by atoms with Crippen molar-refractivity contribution in [3.05, 3.63) is 35.7 Å². The first-order chi connectivity index (χ1) is 6.93. The average molecular weight is 202 g/mol. The van der Waals surface area contributed by atoms with Crippen LogP contribution >= 0.6 is 11.3 Å². The molecule has 0 fully saturated rings. The molecule has 4 nitrogen and oxygen atoms in total. The molecule has 0 aliphatic rings. The Balaban J connectivity index is 2.24. The Morgan fingerprint density at radius 1 is 1.29 bits per heavy atom. The third kappa shape index (κ3) is 1.10. The van der Waals surface area contributed by atoms with Crippen molar-refractivity contribution in [3.63, 3.8) is 0 Å². The molecule has 68 valence electrons. The summed E-state index contributed by atoms with van der Waals surface area (Å²) in [5.41, 5.74) is 4.45. The predicted molar refractivity (Wildman–Crippen MR) is 54.1 cm³/mol. The second-order valence-corrected chi connectivity index (χ2v) is 3.56. The van der Waals surface area contributed by atoms with Crippen molar-refractivity contribution in [3.8, 4) is 11.4 Å². The molecule has 0 spiro atoms. The molecule has 0 saturated carbocycles. The second kappa shape index (κ2) is 2.88. The van der Waals surface area contributed by atoms with Crippen molar-refractivity contribution in [2.45, 2.75) is 0 Å². The molecule has 3 heterocycles. The molecule has 0 aromatic carbocycles. The van der Waals surface area contributed by atoms with Crippen LogP contribution in [0.5, 0.6) is 0 Å². The quantitative estimate of drug-likeness (QED) is 0.604. The van der Waals surface area contributed by atoms with Crippen LogP contribution in [0.2, 0.25) is 0 Å². The molecule has 5 heteroatoms. The van der Waals surface area contributed by atoms with Crippen molar-refractivity contribution in [1.29, 1.82) is 0 Å². The van der Waals surface area contributed by atoms with Crippen LogP contribution in [0.3, 0.4) is 0 Å². The van der Waals surface area contributed by atoms with Gasteiger partial charge >= 0.3 is 0 Å². The van der Waals surface area contributed by atoms with Gasteiger partial charge in [0.25, 0.3) is 0 Å². The van der Waals surface area contributed by atoms with Gasteiger partial charge in [0.1, 0.15) is 11.4 Å². The summed E-state index contributed by atoms with van der Waals surface area (Å²) < 4.78 is 1.93. The minimum Gasteiger partial charge on any atom is -0.304 e. The Labute approximate surface area is 83.9 Å². The van der Waals surface area contributed by atoms with Gasteiger partial charge in [0.2, 0.25) is 0 Å². The lowest BCUT2D eigenvalue weighted by atomic mass is 10.4. The van der Waals surface area contributed by atoms with Crippen LogP contribution in [0.1, 0.15) is 0 Å². The number of thiazole rings is 1. The van der Waals surface area contributed by atoms with Gasteiger partial charge in [0.15, 0.2) is 5.65 Å². The van der Waals surface area contributed by atoms with Crippen LogP contribution in [-0.2, 0) is 0 Å². The van der Waals surface area contributed by atoms with E-state index >= 15 is 0 Å². The fourth-order valence-corrected chi connectivity index (χ4v) is 1.85. The third-order valence-corrected chi connectivity index (χ3v) is 2.55. The first-order valence-corrected chi connectivity index (χ1v) is 5.05. The molecule has 0 aliphatic carbocycles. The number of imidazole rings is 1. The zero-order chi connectivity index (χ0) is 9.38. The van der Waals surface area contributed by atoms with Gasteiger partial charge in [0.05, 0.1) is 11.7 Å². The summed E-state index contributed by atoms with van der Waals surface area (Å²) in [4.78, 5) is 12.6. The summed E-state index contributed by atoms with van der Waals surface area (Å²) in [7, 11) is 0. The van der Waals surface area contributed by atoms with Gasteiger partial charge < -0.3 is 4.40 Å². The molecule has 0 N–H and O–H groups in total. The van der Waals surface area contributed by atoms with E-state index in [0.29, 0.717) is 0 Å². The lowest BCUT2D eigenvalue weighted by molar-refractivity contribution is 1.13. The van der Waals surface area contributed by atoms with Crippen LogP contribution in [0, 0.1) is 0 Å². The summed E-state index contributed by atoms with van der Waals surface area (Å²) in [5, 5.41) is 1.98. The molecular formula is C9H6N4S. The number of fused-ring (bicyclic) bond motifs is 1. The predicted octanol–water partition coefficient (Wildman–Crippen LogP) is 1.85. The number of nitrogens with zero attached hydrogens (tertiary/aromatic N) is 4. The molecule has 0 aliphatic heterocycles. The van der Waals surface area contributed by atoms with Gasteiger partial charge in [-0.1, -0.05) is 0 Å².